The van der Waals surface area contributed by atoms with Crippen molar-refractivity contribution in [3.05, 3.63) is 35.6 Å². The summed E-state index contributed by atoms with van der Waals surface area (Å²) in [6.45, 7) is 0. The third-order valence-electron chi connectivity index (χ3n) is 1.34. The molecule has 0 bridgehead atoms. The Hall–Kier alpha value is -1.91. The number of imide groups is 1. The van der Waals surface area contributed by atoms with E-state index in [9.17, 15) is 14.0 Å². The average Bonchev–Trinajstić information content (AvgIpc) is 2.03. The van der Waals surface area contributed by atoms with Gasteiger partial charge in [0.25, 0.3) is 5.91 Å². The molecule has 0 heterocycles. The lowest BCUT2D eigenvalue weighted by molar-refractivity contribution is 0.0944. The molecule has 0 saturated carbocycles. The van der Waals surface area contributed by atoms with E-state index in [0.717, 1.165) is 6.07 Å². The van der Waals surface area contributed by atoms with E-state index in [1.165, 1.54) is 23.5 Å². The molecule has 2 N–H and O–H groups in total. The van der Waals surface area contributed by atoms with Crippen molar-refractivity contribution in [3.63, 3.8) is 0 Å². The molecule has 4 nitrogen and oxygen atoms in total. The van der Waals surface area contributed by atoms with Crippen molar-refractivity contribution in [2.45, 2.75) is 0 Å². The first kappa shape index (κ1) is 9.18. The fourth-order valence-electron chi connectivity index (χ4n) is 0.810. The largest absolute Gasteiger partial charge is 0.465 e. The summed E-state index contributed by atoms with van der Waals surface area (Å²) >= 11 is 0. The molecule has 0 saturated heterocycles. The van der Waals surface area contributed by atoms with E-state index >= 15 is 0 Å². The molecule has 0 aromatic heterocycles. The van der Waals surface area contributed by atoms with Crippen LogP contribution in [0.5, 0.6) is 0 Å². The van der Waals surface area contributed by atoms with Crippen LogP contribution in [-0.2, 0) is 0 Å². The zero-order valence-corrected chi connectivity index (χ0v) is 6.45. The number of benzene rings is 1. The zero-order chi connectivity index (χ0) is 9.84. The van der Waals surface area contributed by atoms with Crippen LogP contribution in [0, 0.1) is 5.82 Å². The first-order valence-corrected chi connectivity index (χ1v) is 3.40. The van der Waals surface area contributed by atoms with Gasteiger partial charge in [-0.15, -0.1) is 0 Å². The molecule has 0 aliphatic rings. The molecular formula is C8H6FNO3. The lowest BCUT2D eigenvalue weighted by atomic mass is 10.2. The van der Waals surface area contributed by atoms with Crippen molar-refractivity contribution in [2.75, 3.05) is 0 Å². The number of nitrogens with one attached hydrogen (secondary N) is 1. The summed E-state index contributed by atoms with van der Waals surface area (Å²) < 4.78 is 12.8. The Morgan fingerprint density at radius 2 is 1.92 bits per heavy atom. The number of rotatable bonds is 1. The first-order chi connectivity index (χ1) is 6.11. The SMILES string of the molecule is O=C(O)NC(=O)c1ccccc1F. The van der Waals surface area contributed by atoms with Gasteiger partial charge in [-0.2, -0.15) is 0 Å². The van der Waals surface area contributed by atoms with E-state index in [1.807, 2.05) is 0 Å². The van der Waals surface area contributed by atoms with E-state index in [0.29, 0.717) is 0 Å². The average molecular weight is 183 g/mol. The lowest BCUT2D eigenvalue weighted by Gasteiger charge is -2.00. The molecule has 1 rings (SSSR count). The van der Waals surface area contributed by atoms with Crippen molar-refractivity contribution < 1.29 is 19.1 Å². The molecule has 0 unspecified atom stereocenters. The van der Waals surface area contributed by atoms with Gasteiger partial charge in [0.1, 0.15) is 5.82 Å². The smallest absolute Gasteiger partial charge is 0.411 e. The predicted octanol–water partition coefficient (Wildman–Crippen LogP) is 1.23. The topological polar surface area (TPSA) is 66.4 Å². The predicted molar refractivity (Wildman–Crippen MR) is 41.9 cm³/mol. The minimum Gasteiger partial charge on any atom is -0.465 e. The Kier molecular flexibility index (Phi) is 2.59. The third kappa shape index (κ3) is 2.26. The van der Waals surface area contributed by atoms with Crippen LogP contribution in [0.2, 0.25) is 0 Å². The van der Waals surface area contributed by atoms with Gasteiger partial charge in [-0.3, -0.25) is 10.1 Å². The monoisotopic (exact) mass is 183 g/mol. The fourth-order valence-corrected chi connectivity index (χ4v) is 0.810. The number of amides is 2. The maximum atomic E-state index is 12.8. The highest BCUT2D eigenvalue weighted by atomic mass is 19.1. The van der Waals surface area contributed by atoms with Crippen molar-refractivity contribution in [3.8, 4) is 0 Å². The molecule has 0 spiro atoms. The van der Waals surface area contributed by atoms with Crippen LogP contribution in [0.25, 0.3) is 0 Å². The molecule has 1 aromatic rings. The van der Waals surface area contributed by atoms with Gasteiger partial charge in [0.2, 0.25) is 0 Å². The summed E-state index contributed by atoms with van der Waals surface area (Å²) in [5, 5.41) is 9.72. The zero-order valence-electron chi connectivity index (χ0n) is 6.45. The molecule has 2 amide bonds. The van der Waals surface area contributed by atoms with Crippen LogP contribution in [0.1, 0.15) is 10.4 Å². The molecule has 0 aliphatic carbocycles. The molecular weight excluding hydrogens is 177 g/mol. The summed E-state index contributed by atoms with van der Waals surface area (Å²) in [4.78, 5) is 21.0. The van der Waals surface area contributed by atoms with Gasteiger partial charge in [0.15, 0.2) is 0 Å². The second-order valence-corrected chi connectivity index (χ2v) is 2.24. The van der Waals surface area contributed by atoms with E-state index in [4.69, 9.17) is 5.11 Å². The van der Waals surface area contributed by atoms with Gasteiger partial charge in [0.05, 0.1) is 5.56 Å². The number of carbonyl (C=O) groups is 2. The molecule has 5 heteroatoms. The summed E-state index contributed by atoms with van der Waals surface area (Å²) in [6.07, 6.45) is -1.51. The highest BCUT2D eigenvalue weighted by Gasteiger charge is 2.12. The number of hydrogen-bond donors (Lipinski definition) is 2. The minimum atomic E-state index is -1.51. The van der Waals surface area contributed by atoms with Crippen LogP contribution in [0.15, 0.2) is 24.3 Å². The number of halogens is 1. The van der Waals surface area contributed by atoms with E-state index in [1.54, 1.807) is 0 Å². The van der Waals surface area contributed by atoms with Crippen molar-refractivity contribution in [1.82, 2.24) is 5.32 Å². The minimum absolute atomic E-state index is 0.287. The van der Waals surface area contributed by atoms with Gasteiger partial charge < -0.3 is 5.11 Å². The van der Waals surface area contributed by atoms with E-state index in [-0.39, 0.29) is 5.56 Å². The second kappa shape index (κ2) is 3.66. The Bertz CT molecular complexity index is 351. The van der Waals surface area contributed by atoms with Gasteiger partial charge in [-0.05, 0) is 12.1 Å². The van der Waals surface area contributed by atoms with Crippen LogP contribution in [0.4, 0.5) is 9.18 Å². The van der Waals surface area contributed by atoms with Crippen molar-refractivity contribution in [2.24, 2.45) is 0 Å². The molecule has 0 fully saturated rings. The quantitative estimate of drug-likeness (QED) is 0.688. The lowest BCUT2D eigenvalue weighted by Crippen LogP contribution is -2.29. The van der Waals surface area contributed by atoms with Crippen LogP contribution in [-0.4, -0.2) is 17.1 Å². The standard InChI is InChI=1S/C8H6FNO3/c9-6-4-2-1-3-5(6)7(11)10-8(12)13/h1-4H,(H,10,11)(H,12,13). The maximum Gasteiger partial charge on any atom is 0.411 e. The highest BCUT2D eigenvalue weighted by Crippen LogP contribution is 2.05. The van der Waals surface area contributed by atoms with Crippen LogP contribution < -0.4 is 5.32 Å². The van der Waals surface area contributed by atoms with Gasteiger partial charge in [0, 0.05) is 0 Å². The normalized spacial score (nSPS) is 9.31. The Labute approximate surface area is 73.0 Å². The Morgan fingerprint density at radius 3 is 2.46 bits per heavy atom. The maximum absolute atomic E-state index is 12.8. The van der Waals surface area contributed by atoms with E-state index < -0.39 is 17.8 Å². The van der Waals surface area contributed by atoms with E-state index in [2.05, 4.69) is 0 Å². The molecule has 0 atom stereocenters. The Balaban J connectivity index is 2.89. The van der Waals surface area contributed by atoms with Crippen molar-refractivity contribution in [1.29, 1.82) is 0 Å². The highest BCUT2D eigenvalue weighted by molar-refractivity contribution is 6.02. The number of hydrogen-bond acceptors (Lipinski definition) is 2. The molecule has 0 aliphatic heterocycles. The summed E-state index contributed by atoms with van der Waals surface area (Å²) in [5.74, 6) is -1.72. The second-order valence-electron chi connectivity index (χ2n) is 2.24. The molecule has 68 valence electrons. The fraction of sp³-hybridized carbons (Fsp3) is 0. The summed E-state index contributed by atoms with van der Waals surface area (Å²) in [7, 11) is 0. The molecule has 13 heavy (non-hydrogen) atoms. The summed E-state index contributed by atoms with van der Waals surface area (Å²) in [5.41, 5.74) is -0.287. The number of carboxylic acid groups (broad SMARTS) is 1. The third-order valence-corrected chi connectivity index (χ3v) is 1.34. The molecule has 1 aromatic carbocycles. The van der Waals surface area contributed by atoms with Crippen LogP contribution in [0.3, 0.4) is 0 Å². The van der Waals surface area contributed by atoms with Crippen molar-refractivity contribution >= 4 is 12.0 Å². The van der Waals surface area contributed by atoms with Crippen LogP contribution >= 0.6 is 0 Å². The summed E-state index contributed by atoms with van der Waals surface area (Å²) in [6, 6.07) is 5.14. The Morgan fingerprint density at radius 1 is 1.31 bits per heavy atom. The number of carbonyl (C=O) groups excluding carboxylic acids is 1. The van der Waals surface area contributed by atoms with Gasteiger partial charge in [-0.25, -0.2) is 9.18 Å². The first-order valence-electron chi connectivity index (χ1n) is 3.40. The molecule has 0 radical (unpaired) electrons. The van der Waals surface area contributed by atoms with Gasteiger partial charge >= 0.3 is 6.09 Å². The van der Waals surface area contributed by atoms with Gasteiger partial charge in [-0.1, -0.05) is 12.1 Å².